The first-order valence-corrected chi connectivity index (χ1v) is 10.2. The van der Waals surface area contributed by atoms with Crippen molar-refractivity contribution in [2.75, 3.05) is 5.32 Å². The molecule has 1 N–H and O–H groups in total. The Labute approximate surface area is 172 Å². The van der Waals surface area contributed by atoms with E-state index in [4.69, 9.17) is 9.97 Å². The van der Waals surface area contributed by atoms with Crippen molar-refractivity contribution in [2.45, 2.75) is 6.54 Å². The van der Waals surface area contributed by atoms with Crippen molar-refractivity contribution in [1.29, 1.82) is 0 Å². The number of nitrogens with one attached hydrogen (secondary N) is 1. The minimum Gasteiger partial charge on any atom is -0.365 e. The molecule has 0 aliphatic rings. The summed E-state index contributed by atoms with van der Waals surface area (Å²) < 4.78 is 0. The molecule has 1 aromatic carbocycles. The molecule has 0 bridgehead atoms. The van der Waals surface area contributed by atoms with Crippen LogP contribution in [0.5, 0.6) is 0 Å². The van der Waals surface area contributed by atoms with Crippen LogP contribution >= 0.6 is 11.3 Å². The predicted octanol–water partition coefficient (Wildman–Crippen LogP) is 5.43. The molecule has 0 aliphatic heterocycles. The smallest absolute Gasteiger partial charge is 0.181 e. The average Bonchev–Trinajstić information content (AvgIpc) is 3.24. The van der Waals surface area contributed by atoms with E-state index >= 15 is 0 Å². The molecule has 5 aromatic rings. The van der Waals surface area contributed by atoms with E-state index in [0.29, 0.717) is 12.4 Å². The minimum atomic E-state index is 0.619. The summed E-state index contributed by atoms with van der Waals surface area (Å²) in [5, 5.41) is 6.68. The summed E-state index contributed by atoms with van der Waals surface area (Å²) in [6.45, 7) is 0.631. The first kappa shape index (κ1) is 17.5. The molecule has 4 aromatic heterocycles. The van der Waals surface area contributed by atoms with Gasteiger partial charge in [-0.2, -0.15) is 0 Å². The molecule has 4 heterocycles. The highest BCUT2D eigenvalue weighted by atomic mass is 32.1. The van der Waals surface area contributed by atoms with E-state index in [9.17, 15) is 0 Å². The molecule has 5 rings (SSSR count). The highest BCUT2D eigenvalue weighted by Gasteiger charge is 2.16. The summed E-state index contributed by atoms with van der Waals surface area (Å²) in [6, 6.07) is 20.1. The topological polar surface area (TPSA) is 63.6 Å². The summed E-state index contributed by atoms with van der Waals surface area (Å²) in [7, 11) is 0. The zero-order valence-corrected chi connectivity index (χ0v) is 16.3. The zero-order chi connectivity index (χ0) is 19.5. The summed E-state index contributed by atoms with van der Waals surface area (Å²) in [4.78, 5) is 19.2. The molecule has 6 heteroatoms. The number of benzene rings is 1. The molecule has 0 fully saturated rings. The van der Waals surface area contributed by atoms with Gasteiger partial charge in [0.25, 0.3) is 0 Å². The van der Waals surface area contributed by atoms with E-state index in [-0.39, 0.29) is 0 Å². The number of anilines is 1. The Hall–Kier alpha value is -3.64. The van der Waals surface area contributed by atoms with Gasteiger partial charge in [-0.05, 0) is 29.3 Å². The Bertz CT molecular complexity index is 1240. The lowest BCUT2D eigenvalue weighted by Gasteiger charge is -2.10. The molecule has 29 heavy (non-hydrogen) atoms. The van der Waals surface area contributed by atoms with Crippen molar-refractivity contribution in [2.24, 2.45) is 0 Å². The number of hydrogen-bond donors (Lipinski definition) is 1. The van der Waals surface area contributed by atoms with Crippen LogP contribution in [0.2, 0.25) is 0 Å². The third kappa shape index (κ3) is 3.58. The number of thiophene rings is 1. The zero-order valence-electron chi connectivity index (χ0n) is 15.5. The quantitative estimate of drug-likeness (QED) is 0.430. The SMILES string of the molecule is c1ccc(-c2csc3nc(-c4ccccn4)nc(NCc4cccnc4)c23)cc1. The van der Waals surface area contributed by atoms with E-state index in [1.54, 1.807) is 23.7 Å². The van der Waals surface area contributed by atoms with Gasteiger partial charge in [0.15, 0.2) is 5.82 Å². The van der Waals surface area contributed by atoms with Crippen LogP contribution in [0.4, 0.5) is 5.82 Å². The summed E-state index contributed by atoms with van der Waals surface area (Å²) in [5.41, 5.74) is 4.13. The predicted molar refractivity (Wildman–Crippen MR) is 118 cm³/mol. The maximum absolute atomic E-state index is 4.85. The van der Waals surface area contributed by atoms with Gasteiger partial charge in [0.2, 0.25) is 0 Å². The maximum Gasteiger partial charge on any atom is 0.181 e. The maximum atomic E-state index is 4.85. The second kappa shape index (κ2) is 7.77. The molecule has 0 saturated carbocycles. The molecule has 0 radical (unpaired) electrons. The van der Waals surface area contributed by atoms with Crippen LogP contribution in [0.1, 0.15) is 5.56 Å². The van der Waals surface area contributed by atoms with Gasteiger partial charge in [-0.25, -0.2) is 9.97 Å². The van der Waals surface area contributed by atoms with Gasteiger partial charge in [0, 0.05) is 36.1 Å². The first-order chi connectivity index (χ1) is 14.4. The molecular formula is C23H17N5S. The lowest BCUT2D eigenvalue weighted by atomic mass is 10.1. The second-order valence-electron chi connectivity index (χ2n) is 6.52. The van der Waals surface area contributed by atoms with Gasteiger partial charge in [-0.15, -0.1) is 11.3 Å². The van der Waals surface area contributed by atoms with Crippen LogP contribution in [0.15, 0.2) is 84.6 Å². The van der Waals surface area contributed by atoms with E-state index in [1.807, 2.05) is 54.7 Å². The van der Waals surface area contributed by atoms with Gasteiger partial charge in [0.05, 0.1) is 5.39 Å². The van der Waals surface area contributed by atoms with Crippen LogP contribution in [0.3, 0.4) is 0 Å². The number of rotatable bonds is 5. The summed E-state index contributed by atoms with van der Waals surface area (Å²) in [5.74, 6) is 1.42. The van der Waals surface area contributed by atoms with Crippen molar-refractivity contribution in [3.8, 4) is 22.6 Å². The van der Waals surface area contributed by atoms with Crippen LogP contribution in [-0.2, 0) is 6.54 Å². The molecule has 140 valence electrons. The second-order valence-corrected chi connectivity index (χ2v) is 7.38. The van der Waals surface area contributed by atoms with Crippen molar-refractivity contribution in [1.82, 2.24) is 19.9 Å². The number of pyridine rings is 2. The molecule has 0 aliphatic carbocycles. The molecule has 0 unspecified atom stereocenters. The Morgan fingerprint density at radius 1 is 0.862 bits per heavy atom. The Morgan fingerprint density at radius 3 is 2.55 bits per heavy atom. The molecule has 0 atom stereocenters. The Morgan fingerprint density at radius 2 is 1.76 bits per heavy atom. The third-order valence-electron chi connectivity index (χ3n) is 4.60. The first-order valence-electron chi connectivity index (χ1n) is 9.27. The molecule has 0 spiro atoms. The van der Waals surface area contributed by atoms with E-state index in [0.717, 1.165) is 38.4 Å². The van der Waals surface area contributed by atoms with Crippen LogP contribution in [-0.4, -0.2) is 19.9 Å². The van der Waals surface area contributed by atoms with Crippen molar-refractivity contribution >= 4 is 27.4 Å². The van der Waals surface area contributed by atoms with Gasteiger partial charge in [0.1, 0.15) is 16.3 Å². The highest BCUT2D eigenvalue weighted by molar-refractivity contribution is 7.17. The summed E-state index contributed by atoms with van der Waals surface area (Å²) >= 11 is 1.62. The molecular weight excluding hydrogens is 378 g/mol. The van der Waals surface area contributed by atoms with Crippen molar-refractivity contribution in [3.05, 3.63) is 90.2 Å². The van der Waals surface area contributed by atoms with Crippen molar-refractivity contribution < 1.29 is 0 Å². The Kier molecular flexibility index (Phi) is 4.68. The van der Waals surface area contributed by atoms with Crippen LogP contribution in [0.25, 0.3) is 32.9 Å². The fourth-order valence-corrected chi connectivity index (χ4v) is 4.15. The number of fused-ring (bicyclic) bond motifs is 1. The standard InChI is InChI=1S/C23H17N5S/c1-2-8-17(9-3-1)18-15-29-23-20(18)22(26-14-16-7-6-11-24-13-16)27-21(28-23)19-10-4-5-12-25-19/h1-13,15H,14H2,(H,26,27,28). The lowest BCUT2D eigenvalue weighted by molar-refractivity contribution is 1.08. The van der Waals surface area contributed by atoms with Crippen LogP contribution in [0, 0.1) is 0 Å². The lowest BCUT2D eigenvalue weighted by Crippen LogP contribution is -2.04. The molecule has 0 saturated heterocycles. The average molecular weight is 395 g/mol. The Balaban J connectivity index is 1.64. The van der Waals surface area contributed by atoms with Gasteiger partial charge >= 0.3 is 0 Å². The normalized spacial score (nSPS) is 10.9. The van der Waals surface area contributed by atoms with Gasteiger partial charge in [-0.1, -0.05) is 42.5 Å². The summed E-state index contributed by atoms with van der Waals surface area (Å²) in [6.07, 6.45) is 5.39. The van der Waals surface area contributed by atoms with Gasteiger partial charge in [-0.3, -0.25) is 9.97 Å². The van der Waals surface area contributed by atoms with Gasteiger partial charge < -0.3 is 5.32 Å². The largest absolute Gasteiger partial charge is 0.365 e. The molecule has 0 amide bonds. The number of hydrogen-bond acceptors (Lipinski definition) is 6. The minimum absolute atomic E-state index is 0.619. The van der Waals surface area contributed by atoms with E-state index in [1.165, 1.54) is 0 Å². The van der Waals surface area contributed by atoms with Crippen LogP contribution < -0.4 is 5.32 Å². The number of aromatic nitrogens is 4. The van der Waals surface area contributed by atoms with Crippen molar-refractivity contribution in [3.63, 3.8) is 0 Å². The third-order valence-corrected chi connectivity index (χ3v) is 5.47. The monoisotopic (exact) mass is 395 g/mol. The number of nitrogens with zero attached hydrogens (tertiary/aromatic N) is 4. The fraction of sp³-hybridized carbons (Fsp3) is 0.0435. The fourth-order valence-electron chi connectivity index (χ4n) is 3.20. The highest BCUT2D eigenvalue weighted by Crippen LogP contribution is 2.38. The molecule has 5 nitrogen and oxygen atoms in total. The van der Waals surface area contributed by atoms with E-state index < -0.39 is 0 Å². The van der Waals surface area contributed by atoms with E-state index in [2.05, 4.69) is 32.8 Å².